The van der Waals surface area contributed by atoms with Crippen LogP contribution in [0.3, 0.4) is 0 Å². The molecule has 0 fully saturated rings. The highest BCUT2D eigenvalue weighted by Crippen LogP contribution is 2.16. The Morgan fingerprint density at radius 1 is 1.37 bits per heavy atom. The van der Waals surface area contributed by atoms with E-state index in [1.807, 2.05) is 24.3 Å². The van der Waals surface area contributed by atoms with Crippen molar-refractivity contribution in [2.24, 2.45) is 0 Å². The number of nitrogens with one attached hydrogen (secondary N) is 1. The fraction of sp³-hybridized carbons (Fsp3) is 0.500. The van der Waals surface area contributed by atoms with Crippen molar-refractivity contribution in [3.8, 4) is 5.75 Å². The number of carbonyl (C=O) groups is 1. The SMILES string of the molecule is CC(C)(CO)NC(=O)CCCOc1ccc(Br)cc1. The highest BCUT2D eigenvalue weighted by Gasteiger charge is 2.18. The molecule has 106 valence electrons. The molecular weight excluding hydrogens is 310 g/mol. The standard InChI is InChI=1S/C14H20BrNO3/c1-14(2,10-17)16-13(18)4-3-9-19-12-7-5-11(15)6-8-12/h5-8,17H,3-4,9-10H2,1-2H3,(H,16,18). The largest absolute Gasteiger partial charge is 0.494 e. The van der Waals surface area contributed by atoms with E-state index in [4.69, 9.17) is 9.84 Å². The molecule has 1 rings (SSSR count). The first kappa shape index (κ1) is 16.0. The van der Waals surface area contributed by atoms with Gasteiger partial charge in [-0.25, -0.2) is 0 Å². The first-order valence-corrected chi connectivity index (χ1v) is 7.02. The fourth-order valence-electron chi connectivity index (χ4n) is 1.43. The van der Waals surface area contributed by atoms with Gasteiger partial charge in [0, 0.05) is 10.9 Å². The zero-order valence-corrected chi connectivity index (χ0v) is 12.9. The van der Waals surface area contributed by atoms with Crippen LogP contribution in [0.5, 0.6) is 5.75 Å². The maximum Gasteiger partial charge on any atom is 0.220 e. The molecule has 0 heterocycles. The zero-order chi connectivity index (χ0) is 14.3. The number of carbonyl (C=O) groups excluding carboxylic acids is 1. The normalized spacial score (nSPS) is 11.2. The van der Waals surface area contributed by atoms with Crippen LogP contribution in [-0.4, -0.2) is 29.8 Å². The molecule has 1 amide bonds. The molecule has 1 aromatic rings. The number of aliphatic hydroxyl groups is 1. The minimum Gasteiger partial charge on any atom is -0.494 e. The molecule has 1 aromatic carbocycles. The molecule has 0 saturated heterocycles. The van der Waals surface area contributed by atoms with Gasteiger partial charge in [-0.05, 0) is 44.5 Å². The first-order valence-electron chi connectivity index (χ1n) is 6.23. The summed E-state index contributed by atoms with van der Waals surface area (Å²) in [6.45, 7) is 3.98. The Bertz CT molecular complexity index is 404. The van der Waals surface area contributed by atoms with E-state index in [0.717, 1.165) is 10.2 Å². The number of hydrogen-bond donors (Lipinski definition) is 2. The van der Waals surface area contributed by atoms with Crippen LogP contribution in [0.15, 0.2) is 28.7 Å². The van der Waals surface area contributed by atoms with Crippen LogP contribution in [-0.2, 0) is 4.79 Å². The molecule has 0 aliphatic rings. The van der Waals surface area contributed by atoms with Crippen LogP contribution in [0.1, 0.15) is 26.7 Å². The summed E-state index contributed by atoms with van der Waals surface area (Å²) in [4.78, 5) is 11.6. The molecule has 0 atom stereocenters. The van der Waals surface area contributed by atoms with Crippen LogP contribution in [0.25, 0.3) is 0 Å². The summed E-state index contributed by atoms with van der Waals surface area (Å²) >= 11 is 3.35. The molecule has 2 N–H and O–H groups in total. The third-order valence-corrected chi connectivity index (χ3v) is 3.03. The van der Waals surface area contributed by atoms with E-state index < -0.39 is 5.54 Å². The minimum absolute atomic E-state index is 0.0709. The molecule has 0 aliphatic carbocycles. The van der Waals surface area contributed by atoms with Crippen molar-refractivity contribution in [3.05, 3.63) is 28.7 Å². The van der Waals surface area contributed by atoms with Crippen LogP contribution < -0.4 is 10.1 Å². The average molecular weight is 330 g/mol. The van der Waals surface area contributed by atoms with E-state index in [0.29, 0.717) is 19.4 Å². The van der Waals surface area contributed by atoms with Crippen molar-refractivity contribution in [3.63, 3.8) is 0 Å². The molecule has 0 saturated carbocycles. The van der Waals surface area contributed by atoms with Crippen LogP contribution in [0.2, 0.25) is 0 Å². The molecule has 0 aromatic heterocycles. The Morgan fingerprint density at radius 2 is 2.00 bits per heavy atom. The Balaban J connectivity index is 2.20. The predicted octanol–water partition coefficient (Wildman–Crippen LogP) is 2.50. The summed E-state index contributed by atoms with van der Waals surface area (Å²) in [7, 11) is 0. The van der Waals surface area contributed by atoms with Crippen molar-refractivity contribution < 1.29 is 14.6 Å². The average Bonchev–Trinajstić information content (AvgIpc) is 2.36. The van der Waals surface area contributed by atoms with Crippen molar-refractivity contribution in [1.82, 2.24) is 5.32 Å². The summed E-state index contributed by atoms with van der Waals surface area (Å²) in [6.07, 6.45) is 1.03. The summed E-state index contributed by atoms with van der Waals surface area (Å²) in [5.41, 5.74) is -0.566. The summed E-state index contributed by atoms with van der Waals surface area (Å²) in [5.74, 6) is 0.720. The lowest BCUT2D eigenvalue weighted by atomic mass is 10.1. The van der Waals surface area contributed by atoms with E-state index in [2.05, 4.69) is 21.2 Å². The lowest BCUT2D eigenvalue weighted by Crippen LogP contribution is -2.46. The predicted molar refractivity (Wildman–Crippen MR) is 78.2 cm³/mol. The molecular formula is C14H20BrNO3. The van der Waals surface area contributed by atoms with Gasteiger partial charge in [0.1, 0.15) is 5.75 Å². The monoisotopic (exact) mass is 329 g/mol. The minimum atomic E-state index is -0.566. The van der Waals surface area contributed by atoms with Crippen molar-refractivity contribution in [2.45, 2.75) is 32.2 Å². The van der Waals surface area contributed by atoms with Gasteiger partial charge in [-0.2, -0.15) is 0 Å². The van der Waals surface area contributed by atoms with Gasteiger partial charge in [0.25, 0.3) is 0 Å². The van der Waals surface area contributed by atoms with E-state index in [1.54, 1.807) is 13.8 Å². The van der Waals surface area contributed by atoms with Crippen LogP contribution in [0, 0.1) is 0 Å². The number of hydrogen-bond acceptors (Lipinski definition) is 3. The molecule has 0 unspecified atom stereocenters. The fourth-order valence-corrected chi connectivity index (χ4v) is 1.70. The highest BCUT2D eigenvalue weighted by atomic mass is 79.9. The second-order valence-electron chi connectivity index (χ2n) is 5.00. The van der Waals surface area contributed by atoms with Gasteiger partial charge in [-0.3, -0.25) is 4.79 Å². The van der Waals surface area contributed by atoms with E-state index in [-0.39, 0.29) is 12.5 Å². The molecule has 0 bridgehead atoms. The van der Waals surface area contributed by atoms with Gasteiger partial charge in [-0.1, -0.05) is 15.9 Å². The molecule has 0 radical (unpaired) electrons. The number of ether oxygens (including phenoxy) is 1. The van der Waals surface area contributed by atoms with Crippen LogP contribution >= 0.6 is 15.9 Å². The second-order valence-corrected chi connectivity index (χ2v) is 5.91. The zero-order valence-electron chi connectivity index (χ0n) is 11.3. The van der Waals surface area contributed by atoms with Gasteiger partial charge < -0.3 is 15.2 Å². The van der Waals surface area contributed by atoms with Gasteiger partial charge in [0.2, 0.25) is 5.91 Å². The smallest absolute Gasteiger partial charge is 0.220 e. The Kier molecular flexibility index (Phi) is 6.31. The van der Waals surface area contributed by atoms with Crippen molar-refractivity contribution in [2.75, 3.05) is 13.2 Å². The molecule has 4 nitrogen and oxygen atoms in total. The van der Waals surface area contributed by atoms with Gasteiger partial charge in [0.05, 0.1) is 18.8 Å². The van der Waals surface area contributed by atoms with Crippen molar-refractivity contribution >= 4 is 21.8 Å². The lowest BCUT2D eigenvalue weighted by molar-refractivity contribution is -0.123. The third kappa shape index (κ3) is 6.59. The van der Waals surface area contributed by atoms with E-state index in [9.17, 15) is 4.79 Å². The van der Waals surface area contributed by atoms with Gasteiger partial charge in [0.15, 0.2) is 0 Å². The van der Waals surface area contributed by atoms with Gasteiger partial charge in [-0.15, -0.1) is 0 Å². The van der Waals surface area contributed by atoms with Crippen LogP contribution in [0.4, 0.5) is 0 Å². The van der Waals surface area contributed by atoms with E-state index in [1.165, 1.54) is 0 Å². The number of aliphatic hydroxyl groups excluding tert-OH is 1. The van der Waals surface area contributed by atoms with Gasteiger partial charge >= 0.3 is 0 Å². The van der Waals surface area contributed by atoms with E-state index >= 15 is 0 Å². The number of rotatable bonds is 7. The Hall–Kier alpha value is -1.07. The Labute approximate surface area is 122 Å². The summed E-state index contributed by atoms with van der Waals surface area (Å²) in [6, 6.07) is 7.57. The maximum atomic E-state index is 11.6. The quantitative estimate of drug-likeness (QED) is 0.755. The highest BCUT2D eigenvalue weighted by molar-refractivity contribution is 9.10. The topological polar surface area (TPSA) is 58.6 Å². The second kappa shape index (κ2) is 7.50. The first-order chi connectivity index (χ1) is 8.93. The molecule has 19 heavy (non-hydrogen) atoms. The summed E-state index contributed by atoms with van der Waals surface area (Å²) < 4.78 is 6.52. The molecule has 0 spiro atoms. The third-order valence-electron chi connectivity index (χ3n) is 2.50. The molecule has 5 heteroatoms. The number of halogens is 1. The number of amides is 1. The number of benzene rings is 1. The maximum absolute atomic E-state index is 11.6. The lowest BCUT2D eigenvalue weighted by Gasteiger charge is -2.23. The Morgan fingerprint density at radius 3 is 2.58 bits per heavy atom. The molecule has 0 aliphatic heterocycles. The summed E-state index contributed by atoms with van der Waals surface area (Å²) in [5, 5.41) is 11.8. The van der Waals surface area contributed by atoms with Crippen molar-refractivity contribution in [1.29, 1.82) is 0 Å².